The van der Waals surface area contributed by atoms with Crippen molar-refractivity contribution in [3.05, 3.63) is 72.4 Å². The normalized spacial score (nSPS) is 17.9. The number of nitrogens with zero attached hydrogens (tertiary/aromatic N) is 2. The lowest BCUT2D eigenvalue weighted by Gasteiger charge is -2.25. The maximum Gasteiger partial charge on any atom is 0.256 e. The summed E-state index contributed by atoms with van der Waals surface area (Å²) in [5, 5.41) is 5.86. The van der Waals surface area contributed by atoms with Gasteiger partial charge in [0.1, 0.15) is 11.6 Å². The third kappa shape index (κ3) is 4.83. The summed E-state index contributed by atoms with van der Waals surface area (Å²) >= 11 is 0. The molecule has 2 amide bonds. The van der Waals surface area contributed by atoms with Gasteiger partial charge in [-0.15, -0.1) is 0 Å². The van der Waals surface area contributed by atoms with Gasteiger partial charge in [-0.1, -0.05) is 25.1 Å². The number of H-pyrrole nitrogens is 1. The van der Waals surface area contributed by atoms with Crippen LogP contribution in [0.1, 0.15) is 43.0 Å². The highest BCUT2D eigenvalue weighted by Crippen LogP contribution is 2.29. The van der Waals surface area contributed by atoms with Gasteiger partial charge in [0.05, 0.1) is 17.2 Å². The fraction of sp³-hybridized carbons (Fsp3) is 0.259. The molecule has 0 bridgehead atoms. The van der Waals surface area contributed by atoms with Crippen molar-refractivity contribution in [2.24, 2.45) is 11.8 Å². The molecule has 4 aromatic rings. The predicted molar refractivity (Wildman–Crippen MR) is 133 cm³/mol. The number of hydrogen-bond donors (Lipinski definition) is 3. The van der Waals surface area contributed by atoms with E-state index in [1.807, 2.05) is 42.5 Å². The number of aromatic nitrogens is 3. The molecule has 7 nitrogen and oxygen atoms in total. The Kier molecular flexibility index (Phi) is 6.08. The lowest BCUT2D eigenvalue weighted by molar-refractivity contribution is -0.121. The molecule has 1 fully saturated rings. The van der Waals surface area contributed by atoms with Crippen molar-refractivity contribution < 1.29 is 9.59 Å². The van der Waals surface area contributed by atoms with Crippen molar-refractivity contribution in [3.63, 3.8) is 0 Å². The predicted octanol–water partition coefficient (Wildman–Crippen LogP) is 5.64. The average molecular weight is 454 g/mol. The molecule has 1 aliphatic carbocycles. The van der Waals surface area contributed by atoms with Gasteiger partial charge in [0, 0.05) is 28.8 Å². The van der Waals surface area contributed by atoms with E-state index < -0.39 is 0 Å². The van der Waals surface area contributed by atoms with Gasteiger partial charge in [0.2, 0.25) is 5.91 Å². The molecule has 2 aromatic carbocycles. The van der Waals surface area contributed by atoms with Gasteiger partial charge in [-0.05, 0) is 68.0 Å². The van der Waals surface area contributed by atoms with Crippen LogP contribution >= 0.6 is 0 Å². The van der Waals surface area contributed by atoms with Crippen LogP contribution < -0.4 is 10.6 Å². The van der Waals surface area contributed by atoms with Crippen molar-refractivity contribution in [1.82, 2.24) is 15.0 Å². The Hall–Kier alpha value is -4.00. The van der Waals surface area contributed by atoms with E-state index in [2.05, 4.69) is 32.5 Å². The summed E-state index contributed by atoms with van der Waals surface area (Å²) in [7, 11) is 0. The highest BCUT2D eigenvalue weighted by Gasteiger charge is 2.24. The number of amides is 2. The van der Waals surface area contributed by atoms with Gasteiger partial charge >= 0.3 is 0 Å². The van der Waals surface area contributed by atoms with E-state index in [9.17, 15) is 9.59 Å². The Morgan fingerprint density at radius 3 is 2.41 bits per heavy atom. The summed E-state index contributed by atoms with van der Waals surface area (Å²) in [5.41, 5.74) is 3.73. The maximum absolute atomic E-state index is 12.6. The van der Waals surface area contributed by atoms with Crippen molar-refractivity contribution in [3.8, 4) is 11.4 Å². The number of carbonyl (C=O) groups excluding carboxylic acids is 2. The summed E-state index contributed by atoms with van der Waals surface area (Å²) in [5.74, 6) is 1.86. The third-order valence-electron chi connectivity index (χ3n) is 6.46. The summed E-state index contributed by atoms with van der Waals surface area (Å²) in [6, 6.07) is 18.4. The van der Waals surface area contributed by atoms with Crippen LogP contribution in [0, 0.1) is 11.8 Å². The molecule has 1 aliphatic rings. The minimum atomic E-state index is -0.219. The summed E-state index contributed by atoms with van der Waals surface area (Å²) in [4.78, 5) is 37.2. The minimum Gasteiger partial charge on any atom is -0.337 e. The van der Waals surface area contributed by atoms with Crippen LogP contribution in [0.15, 0.2) is 66.9 Å². The fourth-order valence-electron chi connectivity index (χ4n) is 4.37. The molecule has 0 unspecified atom stereocenters. The van der Waals surface area contributed by atoms with Crippen LogP contribution in [-0.4, -0.2) is 26.8 Å². The first kappa shape index (κ1) is 21.8. The molecule has 0 saturated heterocycles. The summed E-state index contributed by atoms with van der Waals surface area (Å²) < 4.78 is 0. The maximum atomic E-state index is 12.6. The minimum absolute atomic E-state index is 0.107. The number of aromatic amines is 1. The molecule has 0 spiro atoms. The lowest BCUT2D eigenvalue weighted by atomic mass is 9.82. The second-order valence-corrected chi connectivity index (χ2v) is 9.02. The Morgan fingerprint density at radius 2 is 1.68 bits per heavy atom. The molecule has 0 aliphatic heterocycles. The van der Waals surface area contributed by atoms with Crippen molar-refractivity contribution in [2.45, 2.75) is 32.6 Å². The van der Waals surface area contributed by atoms with Gasteiger partial charge in [-0.2, -0.15) is 0 Å². The highest BCUT2D eigenvalue weighted by molar-refractivity contribution is 6.04. The number of hydrogen-bond acceptors (Lipinski definition) is 4. The molecular weight excluding hydrogens is 426 g/mol. The molecule has 2 heterocycles. The summed E-state index contributed by atoms with van der Waals surface area (Å²) in [6.07, 6.45) is 5.83. The molecule has 0 radical (unpaired) electrons. The van der Waals surface area contributed by atoms with Crippen LogP contribution in [0.4, 0.5) is 11.5 Å². The van der Waals surface area contributed by atoms with Gasteiger partial charge in [0.25, 0.3) is 5.91 Å². The Bertz CT molecular complexity index is 1310. The van der Waals surface area contributed by atoms with E-state index in [4.69, 9.17) is 0 Å². The first-order valence-corrected chi connectivity index (χ1v) is 11.7. The van der Waals surface area contributed by atoms with E-state index in [-0.39, 0.29) is 17.7 Å². The molecule has 34 heavy (non-hydrogen) atoms. The Balaban J connectivity index is 1.26. The molecular formula is C27H27N5O2. The van der Waals surface area contributed by atoms with E-state index >= 15 is 0 Å². The smallest absolute Gasteiger partial charge is 0.256 e. The standard InChI is InChI=1S/C27H27N5O2/c1-17-7-9-20(10-8-17)26(33)29-21-13-11-18(12-14-21)25-30-22-15-24(28-16-23(22)31-25)32-27(34)19-5-3-2-4-6-19/h2-6,11-17,20H,7-10H2,1H3,(H,29,33)(H,30,31)(H,28,32,34). The van der Waals surface area contributed by atoms with E-state index in [0.717, 1.165) is 48.4 Å². The zero-order chi connectivity index (χ0) is 23.5. The highest BCUT2D eigenvalue weighted by atomic mass is 16.2. The first-order chi connectivity index (χ1) is 16.5. The fourth-order valence-corrected chi connectivity index (χ4v) is 4.37. The van der Waals surface area contributed by atoms with E-state index in [0.29, 0.717) is 22.7 Å². The second kappa shape index (κ2) is 9.47. The van der Waals surface area contributed by atoms with E-state index in [1.165, 1.54) is 0 Å². The zero-order valence-corrected chi connectivity index (χ0v) is 19.0. The first-order valence-electron chi connectivity index (χ1n) is 11.7. The van der Waals surface area contributed by atoms with Gasteiger partial charge < -0.3 is 15.6 Å². The molecule has 3 N–H and O–H groups in total. The zero-order valence-electron chi connectivity index (χ0n) is 19.0. The topological polar surface area (TPSA) is 99.8 Å². The number of carbonyl (C=O) groups is 2. The second-order valence-electron chi connectivity index (χ2n) is 9.02. The summed E-state index contributed by atoms with van der Waals surface area (Å²) in [6.45, 7) is 2.25. The molecule has 0 atom stereocenters. The van der Waals surface area contributed by atoms with Crippen LogP contribution in [0.25, 0.3) is 22.4 Å². The third-order valence-corrected chi connectivity index (χ3v) is 6.46. The number of nitrogens with one attached hydrogen (secondary N) is 3. The van der Waals surface area contributed by atoms with Crippen LogP contribution in [0.3, 0.4) is 0 Å². The molecule has 5 rings (SSSR count). The molecule has 1 saturated carbocycles. The Labute approximate surface area is 198 Å². The number of benzene rings is 2. The lowest BCUT2D eigenvalue weighted by Crippen LogP contribution is -2.26. The number of fused-ring (bicyclic) bond motifs is 1. The Morgan fingerprint density at radius 1 is 0.941 bits per heavy atom. The largest absolute Gasteiger partial charge is 0.337 e. The molecule has 2 aromatic heterocycles. The van der Waals surface area contributed by atoms with Gasteiger partial charge in [-0.25, -0.2) is 9.97 Å². The number of imidazole rings is 1. The number of anilines is 2. The number of rotatable bonds is 5. The van der Waals surface area contributed by atoms with Crippen molar-refractivity contribution >= 4 is 34.4 Å². The molecule has 7 heteroatoms. The van der Waals surface area contributed by atoms with Crippen LogP contribution in [0.2, 0.25) is 0 Å². The van der Waals surface area contributed by atoms with Crippen LogP contribution in [0.5, 0.6) is 0 Å². The quantitative estimate of drug-likeness (QED) is 0.364. The average Bonchev–Trinajstić information content (AvgIpc) is 3.29. The van der Waals surface area contributed by atoms with Crippen molar-refractivity contribution in [2.75, 3.05) is 10.6 Å². The van der Waals surface area contributed by atoms with Crippen LogP contribution in [-0.2, 0) is 4.79 Å². The van der Waals surface area contributed by atoms with Gasteiger partial charge in [-0.3, -0.25) is 9.59 Å². The number of pyridine rings is 1. The van der Waals surface area contributed by atoms with Crippen molar-refractivity contribution in [1.29, 1.82) is 0 Å². The van der Waals surface area contributed by atoms with Gasteiger partial charge in [0.15, 0.2) is 0 Å². The van der Waals surface area contributed by atoms with E-state index in [1.54, 1.807) is 24.4 Å². The monoisotopic (exact) mass is 453 g/mol. The molecule has 172 valence electrons. The SMILES string of the molecule is CC1CCC(C(=O)Nc2ccc(-c3nc4cc(NC(=O)c5ccccc5)ncc4[nH]3)cc2)CC1.